The fourth-order valence-corrected chi connectivity index (χ4v) is 2.77. The van der Waals surface area contributed by atoms with Crippen LogP contribution in [0.2, 0.25) is 0 Å². The minimum Gasteiger partial charge on any atom is -0.317 e. The molecule has 1 aliphatic rings. The Balaban J connectivity index is 0.00000147. The van der Waals surface area contributed by atoms with Crippen LogP contribution in [-0.2, 0) is 0 Å². The number of piperidine rings is 1. The van der Waals surface area contributed by atoms with Gasteiger partial charge in [-0.1, -0.05) is 36.4 Å². The van der Waals surface area contributed by atoms with Crippen molar-refractivity contribution in [2.75, 3.05) is 13.1 Å². The molecule has 3 rings (SSSR count). The van der Waals surface area contributed by atoms with Gasteiger partial charge in [-0.15, -0.1) is 12.4 Å². The van der Waals surface area contributed by atoms with Crippen molar-refractivity contribution in [3.8, 4) is 11.1 Å². The summed E-state index contributed by atoms with van der Waals surface area (Å²) in [5.41, 5.74) is 3.66. The van der Waals surface area contributed by atoms with E-state index >= 15 is 0 Å². The molecule has 1 fully saturated rings. The van der Waals surface area contributed by atoms with E-state index in [1.165, 1.54) is 36.1 Å². The molecule has 2 aromatic rings. The van der Waals surface area contributed by atoms with Gasteiger partial charge in [0.15, 0.2) is 0 Å². The summed E-state index contributed by atoms with van der Waals surface area (Å²) in [6.45, 7) is 2.21. The zero-order chi connectivity index (χ0) is 13.1. The van der Waals surface area contributed by atoms with E-state index in [1.54, 1.807) is 0 Å². The molecule has 0 atom stereocenters. The maximum atomic E-state index is 13.0. The number of nitrogens with one attached hydrogen (secondary N) is 1. The van der Waals surface area contributed by atoms with Crippen molar-refractivity contribution >= 4 is 12.4 Å². The first-order valence-corrected chi connectivity index (χ1v) is 6.89. The van der Waals surface area contributed by atoms with Crippen LogP contribution in [0.15, 0.2) is 48.5 Å². The Hall–Kier alpha value is -1.38. The van der Waals surface area contributed by atoms with Crippen molar-refractivity contribution in [3.05, 3.63) is 59.9 Å². The van der Waals surface area contributed by atoms with Crippen LogP contribution >= 0.6 is 12.4 Å². The van der Waals surface area contributed by atoms with Gasteiger partial charge in [-0.2, -0.15) is 0 Å². The minimum atomic E-state index is -0.182. The SMILES string of the molecule is Cl.Fc1ccc(-c2cccc(C3CCNCC3)c2)cc1. The van der Waals surface area contributed by atoms with E-state index in [0.717, 1.165) is 18.7 Å². The molecule has 20 heavy (non-hydrogen) atoms. The molecule has 106 valence electrons. The molecule has 0 bridgehead atoms. The van der Waals surface area contributed by atoms with Gasteiger partial charge in [0, 0.05) is 0 Å². The average molecular weight is 292 g/mol. The van der Waals surface area contributed by atoms with E-state index in [-0.39, 0.29) is 18.2 Å². The maximum Gasteiger partial charge on any atom is 0.123 e. The summed E-state index contributed by atoms with van der Waals surface area (Å²) in [5, 5.41) is 3.40. The molecule has 0 aromatic heterocycles. The highest BCUT2D eigenvalue weighted by Crippen LogP contribution is 2.29. The Morgan fingerprint density at radius 3 is 2.30 bits per heavy atom. The fourth-order valence-electron chi connectivity index (χ4n) is 2.77. The van der Waals surface area contributed by atoms with Crippen LogP contribution in [0.1, 0.15) is 24.3 Å². The molecule has 0 saturated carbocycles. The zero-order valence-electron chi connectivity index (χ0n) is 11.3. The smallest absolute Gasteiger partial charge is 0.123 e. The van der Waals surface area contributed by atoms with Gasteiger partial charge in [0.05, 0.1) is 0 Å². The summed E-state index contributed by atoms with van der Waals surface area (Å²) in [6.07, 6.45) is 2.40. The summed E-state index contributed by atoms with van der Waals surface area (Å²) in [4.78, 5) is 0. The topological polar surface area (TPSA) is 12.0 Å². The number of benzene rings is 2. The molecule has 2 aromatic carbocycles. The number of hydrogen-bond acceptors (Lipinski definition) is 1. The third-order valence-corrected chi connectivity index (χ3v) is 3.87. The Bertz CT molecular complexity index is 547. The fraction of sp³-hybridized carbons (Fsp3) is 0.294. The first kappa shape index (κ1) is 15.0. The summed E-state index contributed by atoms with van der Waals surface area (Å²) in [6, 6.07) is 15.4. The Kier molecular flexibility index (Phi) is 5.16. The van der Waals surface area contributed by atoms with Crippen LogP contribution in [0.25, 0.3) is 11.1 Å². The van der Waals surface area contributed by atoms with Gasteiger partial charge in [0.2, 0.25) is 0 Å². The van der Waals surface area contributed by atoms with E-state index in [1.807, 2.05) is 12.1 Å². The van der Waals surface area contributed by atoms with Crippen molar-refractivity contribution in [1.29, 1.82) is 0 Å². The molecular weight excluding hydrogens is 273 g/mol. The van der Waals surface area contributed by atoms with Crippen molar-refractivity contribution < 1.29 is 4.39 Å². The lowest BCUT2D eigenvalue weighted by molar-refractivity contribution is 0.460. The van der Waals surface area contributed by atoms with Crippen LogP contribution in [0.5, 0.6) is 0 Å². The van der Waals surface area contributed by atoms with E-state index in [4.69, 9.17) is 0 Å². The molecule has 0 unspecified atom stereocenters. The number of halogens is 2. The molecule has 1 aliphatic heterocycles. The summed E-state index contributed by atoms with van der Waals surface area (Å²) in [5.74, 6) is 0.472. The molecule has 1 N–H and O–H groups in total. The van der Waals surface area contributed by atoms with Crippen molar-refractivity contribution in [1.82, 2.24) is 5.32 Å². The second-order valence-electron chi connectivity index (χ2n) is 5.16. The van der Waals surface area contributed by atoms with Gasteiger partial charge < -0.3 is 5.32 Å². The van der Waals surface area contributed by atoms with Gasteiger partial charge in [-0.25, -0.2) is 4.39 Å². The highest BCUT2D eigenvalue weighted by molar-refractivity contribution is 5.85. The third kappa shape index (κ3) is 3.38. The van der Waals surface area contributed by atoms with Crippen molar-refractivity contribution in [3.63, 3.8) is 0 Å². The standard InChI is InChI=1S/C17H18FN.ClH/c18-17-6-4-13(5-7-17)15-2-1-3-16(12-15)14-8-10-19-11-9-14;/h1-7,12,14,19H,8-11H2;1H. The molecule has 0 aliphatic carbocycles. The van der Waals surface area contributed by atoms with Crippen molar-refractivity contribution in [2.45, 2.75) is 18.8 Å². The summed E-state index contributed by atoms with van der Waals surface area (Å²) < 4.78 is 13.0. The summed E-state index contributed by atoms with van der Waals surface area (Å²) >= 11 is 0. The summed E-state index contributed by atoms with van der Waals surface area (Å²) in [7, 11) is 0. The quantitative estimate of drug-likeness (QED) is 0.866. The van der Waals surface area contributed by atoms with Gasteiger partial charge in [-0.3, -0.25) is 0 Å². The van der Waals surface area contributed by atoms with Crippen LogP contribution < -0.4 is 5.32 Å². The van der Waals surface area contributed by atoms with Crippen LogP contribution in [0, 0.1) is 5.82 Å². The van der Waals surface area contributed by atoms with E-state index in [0.29, 0.717) is 5.92 Å². The second kappa shape index (κ2) is 6.87. The molecule has 1 heterocycles. The predicted octanol–water partition coefficient (Wildman–Crippen LogP) is 4.38. The molecule has 0 radical (unpaired) electrons. The first-order valence-electron chi connectivity index (χ1n) is 6.89. The lowest BCUT2D eigenvalue weighted by atomic mass is 9.88. The molecule has 0 amide bonds. The van der Waals surface area contributed by atoms with Crippen LogP contribution in [0.4, 0.5) is 4.39 Å². The van der Waals surface area contributed by atoms with Gasteiger partial charge in [0.25, 0.3) is 0 Å². The largest absolute Gasteiger partial charge is 0.317 e. The van der Waals surface area contributed by atoms with E-state index in [2.05, 4.69) is 29.6 Å². The van der Waals surface area contributed by atoms with Crippen LogP contribution in [0.3, 0.4) is 0 Å². The monoisotopic (exact) mass is 291 g/mol. The van der Waals surface area contributed by atoms with Gasteiger partial charge in [-0.05, 0) is 60.7 Å². The average Bonchev–Trinajstić information content (AvgIpc) is 2.49. The maximum absolute atomic E-state index is 13.0. The Morgan fingerprint density at radius 1 is 0.900 bits per heavy atom. The highest BCUT2D eigenvalue weighted by Gasteiger charge is 2.15. The van der Waals surface area contributed by atoms with Crippen LogP contribution in [-0.4, -0.2) is 13.1 Å². The normalized spacial score (nSPS) is 15.7. The van der Waals surface area contributed by atoms with E-state index < -0.39 is 0 Å². The third-order valence-electron chi connectivity index (χ3n) is 3.87. The second-order valence-corrected chi connectivity index (χ2v) is 5.16. The Labute approximate surface area is 125 Å². The number of rotatable bonds is 2. The minimum absolute atomic E-state index is 0. The highest BCUT2D eigenvalue weighted by atomic mass is 35.5. The number of hydrogen-bond donors (Lipinski definition) is 1. The lowest BCUT2D eigenvalue weighted by Gasteiger charge is -2.23. The molecular formula is C17H19ClFN. The van der Waals surface area contributed by atoms with E-state index in [9.17, 15) is 4.39 Å². The lowest BCUT2D eigenvalue weighted by Crippen LogP contribution is -2.26. The molecule has 1 saturated heterocycles. The Morgan fingerprint density at radius 2 is 1.60 bits per heavy atom. The van der Waals surface area contributed by atoms with Gasteiger partial charge in [0.1, 0.15) is 5.82 Å². The van der Waals surface area contributed by atoms with Gasteiger partial charge >= 0.3 is 0 Å². The van der Waals surface area contributed by atoms with Crippen molar-refractivity contribution in [2.24, 2.45) is 0 Å². The molecule has 3 heteroatoms. The first-order chi connectivity index (χ1) is 9.33. The predicted molar refractivity (Wildman–Crippen MR) is 83.9 cm³/mol. The zero-order valence-corrected chi connectivity index (χ0v) is 12.1. The molecule has 0 spiro atoms. The molecule has 1 nitrogen and oxygen atoms in total.